The van der Waals surface area contributed by atoms with Crippen molar-refractivity contribution >= 4 is 50.4 Å². The van der Waals surface area contributed by atoms with E-state index in [0.29, 0.717) is 10.0 Å². The first-order valence-corrected chi connectivity index (χ1v) is 7.81. The number of aromatic nitrogens is 1. The van der Waals surface area contributed by atoms with Crippen LogP contribution in [0, 0.1) is 0 Å². The molecule has 20 heavy (non-hydrogen) atoms. The number of anilines is 1. The summed E-state index contributed by atoms with van der Waals surface area (Å²) in [6.07, 6.45) is 1.90. The number of hydrogen-bond donors (Lipinski definition) is 1. The normalized spacial score (nSPS) is 12.6. The number of fused-ring (bicyclic) bond motifs is 1. The predicted octanol–water partition coefficient (Wildman–Crippen LogP) is 5.78. The van der Waals surface area contributed by atoms with Crippen LogP contribution in [-0.2, 0) is 0 Å². The highest BCUT2D eigenvalue weighted by molar-refractivity contribution is 7.17. The molecule has 0 amide bonds. The van der Waals surface area contributed by atoms with E-state index in [4.69, 9.17) is 23.2 Å². The molecule has 0 aliphatic carbocycles. The molecule has 0 bridgehead atoms. The first-order chi connectivity index (χ1) is 9.61. The van der Waals surface area contributed by atoms with Gasteiger partial charge in [-0.15, -0.1) is 11.3 Å². The molecule has 2 heterocycles. The van der Waals surface area contributed by atoms with Crippen LogP contribution in [0.3, 0.4) is 0 Å². The maximum atomic E-state index is 6.01. The zero-order chi connectivity index (χ0) is 14.1. The molecule has 1 aromatic carbocycles. The van der Waals surface area contributed by atoms with E-state index in [9.17, 15) is 0 Å². The summed E-state index contributed by atoms with van der Waals surface area (Å²) in [7, 11) is 0. The molecule has 0 saturated carbocycles. The number of nitrogens with one attached hydrogen (secondary N) is 1. The number of thiophene rings is 1. The van der Waals surface area contributed by atoms with Gasteiger partial charge < -0.3 is 5.32 Å². The van der Waals surface area contributed by atoms with Gasteiger partial charge in [0.25, 0.3) is 0 Å². The molecule has 0 radical (unpaired) electrons. The van der Waals surface area contributed by atoms with Crippen LogP contribution < -0.4 is 5.32 Å². The van der Waals surface area contributed by atoms with Crippen molar-refractivity contribution in [2.45, 2.75) is 13.0 Å². The second-order valence-electron chi connectivity index (χ2n) is 4.60. The standard InChI is InChI=1S/C15H12Cl2N2S/c1-9(19-13-6-11(16)5-12(17)7-13)10-4-15-14(18-8-10)2-3-20-15/h2-9,19H,1H3. The molecule has 2 nitrogen and oxygen atoms in total. The van der Waals surface area contributed by atoms with Gasteiger partial charge in [0.2, 0.25) is 0 Å². The fourth-order valence-electron chi connectivity index (χ4n) is 2.07. The number of hydrogen-bond acceptors (Lipinski definition) is 3. The smallest absolute Gasteiger partial charge is 0.0809 e. The third-order valence-electron chi connectivity index (χ3n) is 3.07. The van der Waals surface area contributed by atoms with Gasteiger partial charge in [0.05, 0.1) is 16.3 Å². The summed E-state index contributed by atoms with van der Waals surface area (Å²) in [5.41, 5.74) is 3.08. The number of halogens is 2. The molecule has 1 unspecified atom stereocenters. The highest BCUT2D eigenvalue weighted by atomic mass is 35.5. The highest BCUT2D eigenvalue weighted by Crippen LogP contribution is 2.27. The van der Waals surface area contributed by atoms with E-state index in [2.05, 4.69) is 28.7 Å². The average Bonchev–Trinajstić information content (AvgIpc) is 2.84. The van der Waals surface area contributed by atoms with E-state index >= 15 is 0 Å². The van der Waals surface area contributed by atoms with Crippen molar-refractivity contribution in [3.05, 3.63) is 57.5 Å². The summed E-state index contributed by atoms with van der Waals surface area (Å²) in [5.74, 6) is 0. The average molecular weight is 323 g/mol. The van der Waals surface area contributed by atoms with E-state index in [1.807, 2.05) is 24.4 Å². The Morgan fingerprint density at radius 2 is 1.90 bits per heavy atom. The highest BCUT2D eigenvalue weighted by Gasteiger charge is 2.08. The first kappa shape index (κ1) is 13.7. The Hall–Kier alpha value is -1.29. The Morgan fingerprint density at radius 3 is 2.65 bits per heavy atom. The predicted molar refractivity (Wildman–Crippen MR) is 88.1 cm³/mol. The summed E-state index contributed by atoms with van der Waals surface area (Å²) in [6, 6.07) is 9.76. The molecule has 3 rings (SSSR count). The second kappa shape index (κ2) is 5.60. The quantitative estimate of drug-likeness (QED) is 0.661. The number of rotatable bonds is 3. The van der Waals surface area contributed by atoms with E-state index < -0.39 is 0 Å². The number of benzene rings is 1. The van der Waals surface area contributed by atoms with Crippen molar-refractivity contribution in [1.82, 2.24) is 4.98 Å². The summed E-state index contributed by atoms with van der Waals surface area (Å²) < 4.78 is 1.19. The third kappa shape index (κ3) is 2.90. The van der Waals surface area contributed by atoms with Crippen molar-refractivity contribution < 1.29 is 0 Å². The molecule has 1 N–H and O–H groups in total. The summed E-state index contributed by atoms with van der Waals surface area (Å²) in [4.78, 5) is 4.46. The summed E-state index contributed by atoms with van der Waals surface area (Å²) in [5, 5.41) is 6.69. The zero-order valence-electron chi connectivity index (χ0n) is 10.7. The lowest BCUT2D eigenvalue weighted by Gasteiger charge is -2.16. The van der Waals surface area contributed by atoms with Gasteiger partial charge in [-0.2, -0.15) is 0 Å². The van der Waals surface area contributed by atoms with Crippen LogP contribution in [0.15, 0.2) is 41.9 Å². The molecule has 0 spiro atoms. The van der Waals surface area contributed by atoms with Gasteiger partial charge in [-0.05, 0) is 48.2 Å². The van der Waals surface area contributed by atoms with Crippen LogP contribution in [0.1, 0.15) is 18.5 Å². The van der Waals surface area contributed by atoms with Gasteiger partial charge in [-0.1, -0.05) is 23.2 Å². The maximum Gasteiger partial charge on any atom is 0.0809 e. The van der Waals surface area contributed by atoms with Gasteiger partial charge in [-0.25, -0.2) is 0 Å². The first-order valence-electron chi connectivity index (χ1n) is 6.17. The number of pyridine rings is 1. The van der Waals surface area contributed by atoms with Gasteiger partial charge in [-0.3, -0.25) is 4.98 Å². The number of nitrogens with zero attached hydrogens (tertiary/aromatic N) is 1. The van der Waals surface area contributed by atoms with E-state index in [0.717, 1.165) is 16.8 Å². The van der Waals surface area contributed by atoms with Gasteiger partial charge >= 0.3 is 0 Å². The molecule has 102 valence electrons. The maximum absolute atomic E-state index is 6.01. The third-order valence-corrected chi connectivity index (χ3v) is 4.36. The molecular weight excluding hydrogens is 311 g/mol. The lowest BCUT2D eigenvalue weighted by Crippen LogP contribution is -2.06. The lowest BCUT2D eigenvalue weighted by atomic mass is 10.1. The Balaban J connectivity index is 1.86. The Labute approximate surface area is 131 Å². The molecule has 1 atom stereocenters. The minimum atomic E-state index is 0.128. The zero-order valence-corrected chi connectivity index (χ0v) is 13.1. The molecule has 0 saturated heterocycles. The van der Waals surface area contributed by atoms with Crippen LogP contribution in [0.25, 0.3) is 10.2 Å². The van der Waals surface area contributed by atoms with Crippen LogP contribution in [0.5, 0.6) is 0 Å². The molecule has 2 aromatic heterocycles. The molecule has 0 aliphatic rings. The topological polar surface area (TPSA) is 24.9 Å². The fourth-order valence-corrected chi connectivity index (χ4v) is 3.38. The van der Waals surface area contributed by atoms with Gasteiger partial charge in [0.15, 0.2) is 0 Å². The van der Waals surface area contributed by atoms with Gasteiger partial charge in [0.1, 0.15) is 0 Å². The van der Waals surface area contributed by atoms with Crippen molar-refractivity contribution in [2.75, 3.05) is 5.32 Å². The van der Waals surface area contributed by atoms with E-state index in [1.165, 1.54) is 4.70 Å². The van der Waals surface area contributed by atoms with Gasteiger partial charge in [0, 0.05) is 21.9 Å². The molecule has 3 aromatic rings. The largest absolute Gasteiger partial charge is 0.378 e. The van der Waals surface area contributed by atoms with Crippen LogP contribution in [0.2, 0.25) is 10.0 Å². The Morgan fingerprint density at radius 1 is 1.15 bits per heavy atom. The molecule has 0 fully saturated rings. The van der Waals surface area contributed by atoms with Crippen molar-refractivity contribution in [3.8, 4) is 0 Å². The van der Waals surface area contributed by atoms with E-state index in [1.54, 1.807) is 17.4 Å². The van der Waals surface area contributed by atoms with Crippen LogP contribution in [-0.4, -0.2) is 4.98 Å². The molecule has 0 aliphatic heterocycles. The molecular formula is C15H12Cl2N2S. The van der Waals surface area contributed by atoms with Crippen LogP contribution in [0.4, 0.5) is 5.69 Å². The van der Waals surface area contributed by atoms with Crippen molar-refractivity contribution in [1.29, 1.82) is 0 Å². The minimum Gasteiger partial charge on any atom is -0.378 e. The van der Waals surface area contributed by atoms with Crippen LogP contribution >= 0.6 is 34.5 Å². The Bertz CT molecular complexity index is 734. The van der Waals surface area contributed by atoms with E-state index in [-0.39, 0.29) is 6.04 Å². The van der Waals surface area contributed by atoms with Crippen molar-refractivity contribution in [3.63, 3.8) is 0 Å². The summed E-state index contributed by atoms with van der Waals surface area (Å²) in [6.45, 7) is 2.09. The fraction of sp³-hybridized carbons (Fsp3) is 0.133. The Kier molecular flexibility index (Phi) is 3.83. The molecule has 5 heteroatoms. The SMILES string of the molecule is CC(Nc1cc(Cl)cc(Cl)c1)c1cnc2ccsc2c1. The van der Waals surface area contributed by atoms with Crippen molar-refractivity contribution in [2.24, 2.45) is 0 Å². The lowest BCUT2D eigenvalue weighted by molar-refractivity contribution is 0.880. The monoisotopic (exact) mass is 322 g/mol. The summed E-state index contributed by atoms with van der Waals surface area (Å²) >= 11 is 13.7. The minimum absolute atomic E-state index is 0.128. The second-order valence-corrected chi connectivity index (χ2v) is 6.42.